The number of hydrogen-bond donors (Lipinski definition) is 1. The molecule has 2 aromatic rings. The van der Waals surface area contributed by atoms with E-state index in [1.54, 1.807) is 13.8 Å². The first-order valence-electron chi connectivity index (χ1n) is 6.82. The second-order valence-corrected chi connectivity index (χ2v) is 7.70. The molecule has 2 rings (SSSR count). The molecule has 7 heteroatoms. The van der Waals surface area contributed by atoms with Crippen molar-refractivity contribution in [1.29, 1.82) is 0 Å². The second kappa shape index (κ2) is 6.45. The summed E-state index contributed by atoms with van der Waals surface area (Å²) in [7, 11) is -3.42. The second-order valence-electron chi connectivity index (χ2n) is 5.20. The van der Waals surface area contributed by atoms with Gasteiger partial charge in [0.25, 0.3) is 5.91 Å². The van der Waals surface area contributed by atoms with Crippen molar-refractivity contribution in [2.45, 2.75) is 24.0 Å². The van der Waals surface area contributed by atoms with Crippen LogP contribution in [-0.2, 0) is 9.84 Å². The summed E-state index contributed by atoms with van der Waals surface area (Å²) in [4.78, 5) is 12.1. The highest BCUT2D eigenvalue weighted by Gasteiger charge is 2.19. The third-order valence-corrected chi connectivity index (χ3v) is 5.42. The van der Waals surface area contributed by atoms with Crippen LogP contribution in [0.25, 0.3) is 0 Å². The standard InChI is InChI=1S/C16H15F2NO3S/c1-10(2)23(21,22)13-6-3-11(4-7-13)16(20)19-15-8-5-12(17)9-14(15)18/h3-10H,1-2H3,(H,19,20). The first-order chi connectivity index (χ1) is 10.7. The van der Waals surface area contributed by atoms with Crippen molar-refractivity contribution >= 4 is 21.4 Å². The minimum Gasteiger partial charge on any atom is -0.319 e. The average Bonchev–Trinajstić information content (AvgIpc) is 2.50. The molecule has 4 nitrogen and oxygen atoms in total. The smallest absolute Gasteiger partial charge is 0.255 e. The van der Waals surface area contributed by atoms with Gasteiger partial charge in [0.05, 0.1) is 15.8 Å². The van der Waals surface area contributed by atoms with Gasteiger partial charge in [-0.05, 0) is 50.2 Å². The predicted octanol–water partition coefficient (Wildman–Crippen LogP) is 3.40. The fraction of sp³-hybridized carbons (Fsp3) is 0.188. The fourth-order valence-corrected chi connectivity index (χ4v) is 2.91. The van der Waals surface area contributed by atoms with E-state index in [0.717, 1.165) is 12.1 Å². The molecule has 0 aliphatic rings. The molecule has 23 heavy (non-hydrogen) atoms. The Morgan fingerprint density at radius 2 is 1.65 bits per heavy atom. The number of nitrogens with one attached hydrogen (secondary N) is 1. The van der Waals surface area contributed by atoms with E-state index in [1.165, 1.54) is 24.3 Å². The van der Waals surface area contributed by atoms with Crippen LogP contribution in [-0.4, -0.2) is 19.6 Å². The highest BCUT2D eigenvalue weighted by molar-refractivity contribution is 7.92. The van der Waals surface area contributed by atoms with E-state index in [-0.39, 0.29) is 16.1 Å². The summed E-state index contributed by atoms with van der Waals surface area (Å²) in [5.74, 6) is -2.26. The number of sulfone groups is 1. The molecule has 0 spiro atoms. The molecule has 0 unspecified atom stereocenters. The number of rotatable bonds is 4. The first-order valence-corrected chi connectivity index (χ1v) is 8.37. The van der Waals surface area contributed by atoms with Crippen molar-refractivity contribution in [3.05, 3.63) is 59.7 Å². The molecule has 122 valence electrons. The van der Waals surface area contributed by atoms with Gasteiger partial charge in [0.2, 0.25) is 0 Å². The Labute approximate surface area is 133 Å². The molecule has 0 radical (unpaired) electrons. The number of carbonyl (C=O) groups is 1. The van der Waals surface area contributed by atoms with Crippen LogP contribution in [0.5, 0.6) is 0 Å². The van der Waals surface area contributed by atoms with Crippen LogP contribution in [0.3, 0.4) is 0 Å². The quantitative estimate of drug-likeness (QED) is 0.928. The van der Waals surface area contributed by atoms with Crippen molar-refractivity contribution < 1.29 is 22.0 Å². The minimum atomic E-state index is -3.42. The number of hydrogen-bond acceptors (Lipinski definition) is 3. The zero-order chi connectivity index (χ0) is 17.2. The van der Waals surface area contributed by atoms with Gasteiger partial charge in [0.15, 0.2) is 9.84 Å². The normalized spacial score (nSPS) is 11.5. The van der Waals surface area contributed by atoms with E-state index in [1.807, 2.05) is 0 Å². The molecular weight excluding hydrogens is 324 g/mol. The largest absolute Gasteiger partial charge is 0.319 e. The molecule has 1 amide bonds. The maximum atomic E-state index is 13.5. The molecule has 1 N–H and O–H groups in total. The van der Waals surface area contributed by atoms with Gasteiger partial charge in [-0.3, -0.25) is 4.79 Å². The molecule has 0 bridgehead atoms. The SMILES string of the molecule is CC(C)S(=O)(=O)c1ccc(C(=O)Nc2ccc(F)cc2F)cc1. The Bertz CT molecular complexity index is 831. The van der Waals surface area contributed by atoms with Gasteiger partial charge in [0, 0.05) is 11.6 Å². The number of anilines is 1. The zero-order valence-electron chi connectivity index (χ0n) is 12.5. The Morgan fingerprint density at radius 3 is 2.17 bits per heavy atom. The van der Waals surface area contributed by atoms with Crippen LogP contribution in [0, 0.1) is 11.6 Å². The molecule has 0 heterocycles. The van der Waals surface area contributed by atoms with Gasteiger partial charge in [-0.15, -0.1) is 0 Å². The van der Waals surface area contributed by atoms with E-state index < -0.39 is 32.6 Å². The Balaban J connectivity index is 2.21. The van der Waals surface area contributed by atoms with Crippen LogP contribution in [0.15, 0.2) is 47.4 Å². The van der Waals surface area contributed by atoms with Crippen LogP contribution in [0.2, 0.25) is 0 Å². The van der Waals surface area contributed by atoms with Crippen molar-refractivity contribution in [2.24, 2.45) is 0 Å². The molecule has 0 fully saturated rings. The number of benzene rings is 2. The number of carbonyl (C=O) groups excluding carboxylic acids is 1. The molecular formula is C16H15F2NO3S. The topological polar surface area (TPSA) is 63.2 Å². The molecule has 0 atom stereocenters. The maximum absolute atomic E-state index is 13.5. The number of amides is 1. The number of halogens is 2. The van der Waals surface area contributed by atoms with E-state index in [2.05, 4.69) is 5.32 Å². The minimum absolute atomic E-state index is 0.108. The van der Waals surface area contributed by atoms with Crippen molar-refractivity contribution in [1.82, 2.24) is 0 Å². The summed E-state index contributed by atoms with van der Waals surface area (Å²) in [6.07, 6.45) is 0. The Kier molecular flexibility index (Phi) is 4.79. The van der Waals surface area contributed by atoms with Crippen molar-refractivity contribution in [3.8, 4) is 0 Å². The summed E-state index contributed by atoms with van der Waals surface area (Å²) < 4.78 is 50.3. The van der Waals surface area contributed by atoms with Crippen LogP contribution in [0.1, 0.15) is 24.2 Å². The van der Waals surface area contributed by atoms with E-state index in [9.17, 15) is 22.0 Å². The third-order valence-electron chi connectivity index (χ3n) is 3.24. The molecule has 0 aliphatic carbocycles. The summed E-state index contributed by atoms with van der Waals surface area (Å²) in [6, 6.07) is 8.12. The highest BCUT2D eigenvalue weighted by atomic mass is 32.2. The molecule has 0 aliphatic heterocycles. The summed E-state index contributed by atoms with van der Waals surface area (Å²) >= 11 is 0. The Morgan fingerprint density at radius 1 is 1.04 bits per heavy atom. The van der Waals surface area contributed by atoms with Gasteiger partial charge in [-0.25, -0.2) is 17.2 Å². The molecule has 2 aromatic carbocycles. The van der Waals surface area contributed by atoms with Gasteiger partial charge in [0.1, 0.15) is 11.6 Å². The lowest BCUT2D eigenvalue weighted by Gasteiger charge is -2.09. The lowest BCUT2D eigenvalue weighted by molar-refractivity contribution is 0.102. The van der Waals surface area contributed by atoms with Gasteiger partial charge >= 0.3 is 0 Å². The predicted molar refractivity (Wildman–Crippen MR) is 83.1 cm³/mol. The van der Waals surface area contributed by atoms with Crippen LogP contribution >= 0.6 is 0 Å². The summed E-state index contributed by atoms with van der Waals surface area (Å²) in [6.45, 7) is 3.13. The highest BCUT2D eigenvalue weighted by Crippen LogP contribution is 2.19. The monoisotopic (exact) mass is 339 g/mol. The lowest BCUT2D eigenvalue weighted by atomic mass is 10.2. The van der Waals surface area contributed by atoms with Gasteiger partial charge < -0.3 is 5.32 Å². The molecule has 0 saturated heterocycles. The molecule has 0 saturated carbocycles. The Hall–Kier alpha value is -2.28. The van der Waals surface area contributed by atoms with Gasteiger partial charge in [-0.2, -0.15) is 0 Å². The summed E-state index contributed by atoms with van der Waals surface area (Å²) in [5.41, 5.74) is 0.00621. The third kappa shape index (κ3) is 3.73. The summed E-state index contributed by atoms with van der Waals surface area (Å²) in [5, 5.41) is 1.73. The van der Waals surface area contributed by atoms with Crippen molar-refractivity contribution in [3.63, 3.8) is 0 Å². The first kappa shape index (κ1) is 17.1. The molecule has 0 aromatic heterocycles. The van der Waals surface area contributed by atoms with Crippen molar-refractivity contribution in [2.75, 3.05) is 5.32 Å². The zero-order valence-corrected chi connectivity index (χ0v) is 13.3. The van der Waals surface area contributed by atoms with E-state index in [4.69, 9.17) is 0 Å². The van der Waals surface area contributed by atoms with E-state index in [0.29, 0.717) is 6.07 Å². The van der Waals surface area contributed by atoms with E-state index >= 15 is 0 Å². The maximum Gasteiger partial charge on any atom is 0.255 e. The lowest BCUT2D eigenvalue weighted by Crippen LogP contribution is -2.15. The van der Waals surface area contributed by atoms with Gasteiger partial charge in [-0.1, -0.05) is 0 Å². The fourth-order valence-electron chi connectivity index (χ4n) is 1.85. The van der Waals surface area contributed by atoms with Crippen LogP contribution in [0.4, 0.5) is 14.5 Å². The van der Waals surface area contributed by atoms with Crippen LogP contribution < -0.4 is 5.32 Å². The average molecular weight is 339 g/mol.